The minimum Gasteiger partial charge on any atom is -0.305 e. The van der Waals surface area contributed by atoms with Crippen LogP contribution in [0.3, 0.4) is 0 Å². The van der Waals surface area contributed by atoms with E-state index in [1.807, 2.05) is 0 Å². The maximum atomic E-state index is 11.7. The molecule has 0 aliphatic carbocycles. The molecule has 1 saturated heterocycles. The molecule has 5 nitrogen and oxygen atoms in total. The second-order valence-electron chi connectivity index (χ2n) is 3.73. The molecule has 1 fully saturated rings. The van der Waals surface area contributed by atoms with Crippen molar-refractivity contribution in [3.63, 3.8) is 0 Å². The molecule has 1 amide bonds. The topological polar surface area (TPSA) is 63.5 Å². The number of anilines is 1. The molecule has 1 aliphatic rings. The highest BCUT2D eigenvalue weighted by Crippen LogP contribution is 2.37. The number of nitro benzene ring substituents is 1. The summed E-state index contributed by atoms with van der Waals surface area (Å²) >= 11 is 10.00. The minimum atomic E-state index is -0.573. The summed E-state index contributed by atoms with van der Waals surface area (Å²) in [5, 5.41) is 10.9. The number of amides is 1. The van der Waals surface area contributed by atoms with Gasteiger partial charge in [-0.3, -0.25) is 14.9 Å². The SMILES string of the molecule is O=C1CC(S)CN1c1cccc(Cl)c1[N+](=O)[O-]. The van der Waals surface area contributed by atoms with Crippen molar-refractivity contribution < 1.29 is 9.72 Å². The number of halogens is 1. The summed E-state index contributed by atoms with van der Waals surface area (Å²) in [5.74, 6) is -0.171. The first-order valence-corrected chi connectivity index (χ1v) is 5.81. The summed E-state index contributed by atoms with van der Waals surface area (Å²) in [6.07, 6.45) is 0.285. The van der Waals surface area contributed by atoms with Crippen molar-refractivity contribution in [3.05, 3.63) is 33.3 Å². The zero-order chi connectivity index (χ0) is 12.6. The van der Waals surface area contributed by atoms with Gasteiger partial charge in [0.25, 0.3) is 0 Å². The summed E-state index contributed by atoms with van der Waals surface area (Å²) in [6.45, 7) is 0.364. The lowest BCUT2D eigenvalue weighted by molar-refractivity contribution is -0.383. The van der Waals surface area contributed by atoms with Gasteiger partial charge in [-0.2, -0.15) is 12.6 Å². The summed E-state index contributed by atoms with van der Waals surface area (Å²) in [4.78, 5) is 23.4. The first-order valence-electron chi connectivity index (χ1n) is 4.92. The molecular formula is C10H9ClN2O3S. The number of thiol groups is 1. The molecule has 0 radical (unpaired) electrons. The van der Waals surface area contributed by atoms with Crippen LogP contribution in [0.5, 0.6) is 0 Å². The smallest absolute Gasteiger partial charge is 0.305 e. The summed E-state index contributed by atoms with van der Waals surface area (Å²) < 4.78 is 0. The predicted octanol–water partition coefficient (Wildman–Crippen LogP) is 2.28. The monoisotopic (exact) mass is 272 g/mol. The molecule has 7 heteroatoms. The lowest BCUT2D eigenvalue weighted by atomic mass is 10.2. The maximum absolute atomic E-state index is 11.7. The summed E-state index contributed by atoms with van der Waals surface area (Å²) in [6, 6.07) is 4.54. The maximum Gasteiger partial charge on any atom is 0.311 e. The molecule has 0 spiro atoms. The van der Waals surface area contributed by atoms with Crippen LogP contribution in [0.25, 0.3) is 0 Å². The van der Waals surface area contributed by atoms with Gasteiger partial charge in [-0.05, 0) is 12.1 Å². The molecule has 17 heavy (non-hydrogen) atoms. The largest absolute Gasteiger partial charge is 0.311 e. The third kappa shape index (κ3) is 2.23. The number of hydrogen-bond acceptors (Lipinski definition) is 4. The van der Waals surface area contributed by atoms with E-state index >= 15 is 0 Å². The van der Waals surface area contributed by atoms with E-state index in [1.165, 1.54) is 17.0 Å². The van der Waals surface area contributed by atoms with Gasteiger partial charge in [-0.15, -0.1) is 0 Å². The Kier molecular flexibility index (Phi) is 3.26. The van der Waals surface area contributed by atoms with Crippen molar-refractivity contribution in [2.75, 3.05) is 11.4 Å². The molecule has 1 atom stereocenters. The van der Waals surface area contributed by atoms with E-state index in [0.717, 1.165) is 0 Å². The van der Waals surface area contributed by atoms with E-state index < -0.39 is 4.92 Å². The first-order chi connectivity index (χ1) is 8.00. The highest BCUT2D eigenvalue weighted by atomic mass is 35.5. The van der Waals surface area contributed by atoms with Crippen LogP contribution in [0, 0.1) is 10.1 Å². The zero-order valence-corrected chi connectivity index (χ0v) is 10.3. The van der Waals surface area contributed by atoms with Gasteiger partial charge in [0.05, 0.1) is 4.92 Å². The van der Waals surface area contributed by atoms with Crippen LogP contribution in [-0.4, -0.2) is 22.6 Å². The molecule has 1 aromatic carbocycles. The van der Waals surface area contributed by atoms with Gasteiger partial charge in [0.1, 0.15) is 10.7 Å². The van der Waals surface area contributed by atoms with Crippen molar-refractivity contribution in [1.82, 2.24) is 0 Å². The quantitative estimate of drug-likeness (QED) is 0.510. The highest BCUT2D eigenvalue weighted by Gasteiger charge is 2.33. The standard InChI is InChI=1S/C10H9ClN2O3S/c11-7-2-1-3-8(10(7)13(15)16)12-5-6(17)4-9(12)14/h1-3,6,17H,4-5H2. The molecule has 0 aromatic heterocycles. The Morgan fingerprint density at radius 1 is 1.53 bits per heavy atom. The molecule has 0 bridgehead atoms. The molecule has 0 saturated carbocycles. The van der Waals surface area contributed by atoms with Crippen LogP contribution in [0.4, 0.5) is 11.4 Å². The average molecular weight is 273 g/mol. The van der Waals surface area contributed by atoms with Crippen LogP contribution < -0.4 is 4.90 Å². The van der Waals surface area contributed by atoms with Gasteiger partial charge in [-0.25, -0.2) is 0 Å². The van der Waals surface area contributed by atoms with E-state index in [0.29, 0.717) is 6.54 Å². The van der Waals surface area contributed by atoms with Crippen LogP contribution in [-0.2, 0) is 4.79 Å². The Hall–Kier alpha value is -1.27. The third-order valence-corrected chi connectivity index (χ3v) is 3.19. The number of carbonyl (C=O) groups excluding carboxylic acids is 1. The molecular weight excluding hydrogens is 264 g/mol. The summed E-state index contributed by atoms with van der Waals surface area (Å²) in [5.41, 5.74) is 0.00833. The van der Waals surface area contributed by atoms with Crippen molar-refractivity contribution in [1.29, 1.82) is 0 Å². The van der Waals surface area contributed by atoms with E-state index in [9.17, 15) is 14.9 Å². The van der Waals surface area contributed by atoms with Gasteiger partial charge in [-0.1, -0.05) is 17.7 Å². The van der Waals surface area contributed by atoms with Gasteiger partial charge in [0, 0.05) is 18.2 Å². The molecule has 1 aliphatic heterocycles. The number of rotatable bonds is 2. The number of benzene rings is 1. The number of carbonyl (C=O) groups is 1. The Balaban J connectivity index is 2.49. The lowest BCUT2D eigenvalue weighted by Crippen LogP contribution is -2.25. The zero-order valence-electron chi connectivity index (χ0n) is 8.67. The molecule has 2 rings (SSSR count). The fraction of sp³-hybridized carbons (Fsp3) is 0.300. The van der Waals surface area contributed by atoms with Crippen molar-refractivity contribution in [2.24, 2.45) is 0 Å². The van der Waals surface area contributed by atoms with Crippen LogP contribution in [0.1, 0.15) is 6.42 Å². The van der Waals surface area contributed by atoms with E-state index in [4.69, 9.17) is 11.6 Å². The van der Waals surface area contributed by atoms with E-state index in [1.54, 1.807) is 6.07 Å². The number of hydrogen-bond donors (Lipinski definition) is 1. The molecule has 90 valence electrons. The van der Waals surface area contributed by atoms with E-state index in [2.05, 4.69) is 12.6 Å². The Labute approximate surface area is 108 Å². The van der Waals surface area contributed by atoms with Gasteiger partial charge >= 0.3 is 5.69 Å². The van der Waals surface area contributed by atoms with Crippen LogP contribution in [0.15, 0.2) is 18.2 Å². The fourth-order valence-corrected chi connectivity index (χ4v) is 2.38. The van der Waals surface area contributed by atoms with E-state index in [-0.39, 0.29) is 34.0 Å². The van der Waals surface area contributed by atoms with Crippen LogP contribution >= 0.6 is 24.2 Å². The highest BCUT2D eigenvalue weighted by molar-refractivity contribution is 7.81. The third-order valence-electron chi connectivity index (χ3n) is 2.54. The number of para-hydroxylation sites is 1. The van der Waals surface area contributed by atoms with Crippen molar-refractivity contribution in [2.45, 2.75) is 11.7 Å². The number of nitrogens with zero attached hydrogens (tertiary/aromatic N) is 2. The number of nitro groups is 1. The average Bonchev–Trinajstić information content (AvgIpc) is 2.56. The van der Waals surface area contributed by atoms with Crippen molar-refractivity contribution >= 4 is 41.5 Å². The van der Waals surface area contributed by atoms with Gasteiger partial charge in [0.15, 0.2) is 0 Å². The Bertz CT molecular complexity index is 494. The molecule has 1 aromatic rings. The minimum absolute atomic E-state index is 0.0305. The molecule has 1 heterocycles. The Morgan fingerprint density at radius 3 is 2.76 bits per heavy atom. The normalized spacial score (nSPS) is 19.8. The second-order valence-corrected chi connectivity index (χ2v) is 4.86. The van der Waals surface area contributed by atoms with Gasteiger partial charge in [0.2, 0.25) is 5.91 Å². The predicted molar refractivity (Wildman–Crippen MR) is 67.9 cm³/mol. The van der Waals surface area contributed by atoms with Gasteiger partial charge < -0.3 is 4.90 Å². The molecule has 0 N–H and O–H groups in total. The molecule has 1 unspecified atom stereocenters. The lowest BCUT2D eigenvalue weighted by Gasteiger charge is -2.16. The Morgan fingerprint density at radius 2 is 2.24 bits per heavy atom. The first kappa shape index (κ1) is 12.2. The summed E-state index contributed by atoms with van der Waals surface area (Å²) in [7, 11) is 0. The van der Waals surface area contributed by atoms with Crippen LogP contribution in [0.2, 0.25) is 5.02 Å². The fourth-order valence-electron chi connectivity index (χ4n) is 1.82. The second kappa shape index (κ2) is 4.54. The van der Waals surface area contributed by atoms with Crippen molar-refractivity contribution in [3.8, 4) is 0 Å².